The lowest BCUT2D eigenvalue weighted by Crippen LogP contribution is -2.46. The van der Waals surface area contributed by atoms with Gasteiger partial charge in [0, 0.05) is 25.7 Å². The molecule has 3 unspecified atom stereocenters. The molecule has 2 N–H and O–H groups in total. The van der Waals surface area contributed by atoms with Crippen LogP contribution in [0.5, 0.6) is 0 Å². The Labute approximate surface area is 109 Å². The number of nitrogens with one attached hydrogen (secondary N) is 2. The Morgan fingerprint density at radius 1 is 1.06 bits per heavy atom. The van der Waals surface area contributed by atoms with Crippen LogP contribution in [-0.2, 0) is 4.79 Å². The van der Waals surface area contributed by atoms with Crippen LogP contribution in [0.25, 0.3) is 0 Å². The molecule has 102 valence electrons. The van der Waals surface area contributed by atoms with E-state index < -0.39 is 0 Å². The third kappa shape index (κ3) is 2.54. The molecule has 1 saturated carbocycles. The highest BCUT2D eigenvalue weighted by molar-refractivity contribution is 5.82. The van der Waals surface area contributed by atoms with Crippen molar-refractivity contribution in [2.45, 2.75) is 50.6 Å². The lowest BCUT2D eigenvalue weighted by molar-refractivity contribution is -0.133. The van der Waals surface area contributed by atoms with Gasteiger partial charge in [-0.3, -0.25) is 4.79 Å². The van der Waals surface area contributed by atoms with Gasteiger partial charge in [-0.15, -0.1) is 0 Å². The summed E-state index contributed by atoms with van der Waals surface area (Å²) in [6.07, 6.45) is 7.46. The zero-order chi connectivity index (χ0) is 12.4. The summed E-state index contributed by atoms with van der Waals surface area (Å²) in [6, 6.07) is 0.731. The van der Waals surface area contributed by atoms with Crippen molar-refractivity contribution in [2.24, 2.45) is 5.92 Å². The van der Waals surface area contributed by atoms with E-state index in [1.807, 2.05) is 0 Å². The van der Waals surface area contributed by atoms with E-state index in [0.29, 0.717) is 11.9 Å². The first-order valence-electron chi connectivity index (χ1n) is 7.60. The molecule has 0 radical (unpaired) electrons. The molecule has 1 amide bonds. The van der Waals surface area contributed by atoms with Crippen molar-refractivity contribution in [2.75, 3.05) is 26.2 Å². The molecule has 0 aromatic carbocycles. The van der Waals surface area contributed by atoms with Crippen LogP contribution in [0.3, 0.4) is 0 Å². The van der Waals surface area contributed by atoms with Crippen LogP contribution in [-0.4, -0.2) is 49.1 Å². The number of hydrogen-bond donors (Lipinski definition) is 2. The topological polar surface area (TPSA) is 44.4 Å². The van der Waals surface area contributed by atoms with Gasteiger partial charge in [-0.2, -0.15) is 0 Å². The smallest absolute Gasteiger partial charge is 0.239 e. The van der Waals surface area contributed by atoms with Crippen LogP contribution < -0.4 is 10.6 Å². The highest BCUT2D eigenvalue weighted by Crippen LogP contribution is 2.33. The number of rotatable bonds is 1. The van der Waals surface area contributed by atoms with Crippen LogP contribution in [0, 0.1) is 5.92 Å². The third-order valence-corrected chi connectivity index (χ3v) is 4.81. The van der Waals surface area contributed by atoms with Crippen molar-refractivity contribution in [3.63, 3.8) is 0 Å². The first-order chi connectivity index (χ1) is 8.84. The van der Waals surface area contributed by atoms with E-state index in [-0.39, 0.29) is 6.04 Å². The fraction of sp³-hybridized carbons (Fsp3) is 0.929. The van der Waals surface area contributed by atoms with Crippen LogP contribution in [0.15, 0.2) is 0 Å². The second-order valence-electron chi connectivity index (χ2n) is 6.03. The van der Waals surface area contributed by atoms with Gasteiger partial charge in [0.15, 0.2) is 0 Å². The Balaban J connectivity index is 1.59. The molecule has 4 heteroatoms. The molecule has 0 spiro atoms. The standard InChI is InChI=1S/C14H25N3O/c18-14(17-8-3-6-15-7-9-17)13-10-11-4-1-2-5-12(11)16-13/h11-13,15-16H,1-10H2. The average molecular weight is 251 g/mol. The Bertz CT molecular complexity index is 285. The van der Waals surface area contributed by atoms with E-state index in [1.54, 1.807) is 0 Å². The van der Waals surface area contributed by atoms with Gasteiger partial charge in [0.25, 0.3) is 0 Å². The van der Waals surface area contributed by atoms with E-state index >= 15 is 0 Å². The highest BCUT2D eigenvalue weighted by Gasteiger charge is 2.39. The summed E-state index contributed by atoms with van der Waals surface area (Å²) in [4.78, 5) is 14.6. The molecule has 1 aliphatic carbocycles. The predicted molar refractivity (Wildman–Crippen MR) is 71.4 cm³/mol. The molecule has 0 aromatic heterocycles. The summed E-state index contributed by atoms with van der Waals surface area (Å²) in [6.45, 7) is 3.81. The molecular weight excluding hydrogens is 226 g/mol. The molecule has 18 heavy (non-hydrogen) atoms. The maximum atomic E-state index is 12.5. The van der Waals surface area contributed by atoms with E-state index in [0.717, 1.165) is 44.9 Å². The third-order valence-electron chi connectivity index (χ3n) is 4.81. The maximum Gasteiger partial charge on any atom is 0.239 e. The average Bonchev–Trinajstić information content (AvgIpc) is 2.64. The molecule has 2 heterocycles. The maximum absolute atomic E-state index is 12.5. The molecule has 2 aliphatic heterocycles. The molecule has 3 atom stereocenters. The summed E-state index contributed by atoms with van der Waals surface area (Å²) in [5, 5.41) is 6.96. The van der Waals surface area contributed by atoms with Gasteiger partial charge in [-0.25, -0.2) is 0 Å². The zero-order valence-corrected chi connectivity index (χ0v) is 11.2. The van der Waals surface area contributed by atoms with Crippen molar-refractivity contribution in [3.8, 4) is 0 Å². The van der Waals surface area contributed by atoms with E-state index in [2.05, 4.69) is 15.5 Å². The normalized spacial score (nSPS) is 37.1. The van der Waals surface area contributed by atoms with Crippen molar-refractivity contribution in [3.05, 3.63) is 0 Å². The van der Waals surface area contributed by atoms with E-state index in [4.69, 9.17) is 0 Å². The van der Waals surface area contributed by atoms with Gasteiger partial charge in [-0.05, 0) is 38.1 Å². The van der Waals surface area contributed by atoms with Gasteiger partial charge in [0.1, 0.15) is 0 Å². The zero-order valence-electron chi connectivity index (χ0n) is 11.2. The molecule has 2 saturated heterocycles. The van der Waals surface area contributed by atoms with Crippen molar-refractivity contribution < 1.29 is 4.79 Å². The summed E-state index contributed by atoms with van der Waals surface area (Å²) in [7, 11) is 0. The lowest BCUT2D eigenvalue weighted by atomic mass is 9.85. The van der Waals surface area contributed by atoms with Gasteiger partial charge in [0.2, 0.25) is 5.91 Å². The number of carbonyl (C=O) groups is 1. The number of hydrogen-bond acceptors (Lipinski definition) is 3. The summed E-state index contributed by atoms with van der Waals surface area (Å²) in [5.74, 6) is 1.12. The summed E-state index contributed by atoms with van der Waals surface area (Å²) >= 11 is 0. The minimum atomic E-state index is 0.108. The second-order valence-corrected chi connectivity index (χ2v) is 6.03. The predicted octanol–water partition coefficient (Wildman–Crippen LogP) is 0.729. The lowest BCUT2D eigenvalue weighted by Gasteiger charge is -2.25. The van der Waals surface area contributed by atoms with Crippen molar-refractivity contribution >= 4 is 5.91 Å². The molecule has 0 bridgehead atoms. The number of fused-ring (bicyclic) bond motifs is 1. The highest BCUT2D eigenvalue weighted by atomic mass is 16.2. The fourth-order valence-electron chi connectivity index (χ4n) is 3.80. The minimum Gasteiger partial charge on any atom is -0.340 e. The molecule has 4 nitrogen and oxygen atoms in total. The molecule has 3 aliphatic rings. The number of amides is 1. The van der Waals surface area contributed by atoms with Crippen LogP contribution in [0.1, 0.15) is 38.5 Å². The van der Waals surface area contributed by atoms with Crippen LogP contribution in [0.2, 0.25) is 0 Å². The van der Waals surface area contributed by atoms with Gasteiger partial charge in [-0.1, -0.05) is 12.8 Å². The SMILES string of the molecule is O=C(C1CC2CCCCC2N1)N1CCCNCC1. The second kappa shape index (κ2) is 5.57. The fourth-order valence-corrected chi connectivity index (χ4v) is 3.80. The van der Waals surface area contributed by atoms with Crippen molar-refractivity contribution in [1.82, 2.24) is 15.5 Å². The van der Waals surface area contributed by atoms with Gasteiger partial charge >= 0.3 is 0 Å². The monoisotopic (exact) mass is 251 g/mol. The quantitative estimate of drug-likeness (QED) is 0.722. The molecule has 0 aromatic rings. The van der Waals surface area contributed by atoms with E-state index in [1.165, 1.54) is 25.7 Å². The summed E-state index contributed by atoms with van der Waals surface area (Å²) < 4.78 is 0. The van der Waals surface area contributed by atoms with E-state index in [9.17, 15) is 4.79 Å². The Kier molecular flexibility index (Phi) is 3.85. The number of nitrogens with zero attached hydrogens (tertiary/aromatic N) is 1. The van der Waals surface area contributed by atoms with Gasteiger partial charge in [0.05, 0.1) is 6.04 Å². The van der Waals surface area contributed by atoms with Gasteiger partial charge < -0.3 is 15.5 Å². The first kappa shape index (κ1) is 12.4. The number of carbonyl (C=O) groups excluding carboxylic acids is 1. The molecule has 3 rings (SSSR count). The van der Waals surface area contributed by atoms with Crippen molar-refractivity contribution in [1.29, 1.82) is 0 Å². The Morgan fingerprint density at radius 3 is 2.83 bits per heavy atom. The summed E-state index contributed by atoms with van der Waals surface area (Å²) in [5.41, 5.74) is 0. The first-order valence-corrected chi connectivity index (χ1v) is 7.60. The largest absolute Gasteiger partial charge is 0.340 e. The molecular formula is C14H25N3O. The Morgan fingerprint density at radius 2 is 1.94 bits per heavy atom. The minimum absolute atomic E-state index is 0.108. The van der Waals surface area contributed by atoms with Crippen LogP contribution in [0.4, 0.5) is 0 Å². The molecule has 3 fully saturated rings. The Hall–Kier alpha value is -0.610. The van der Waals surface area contributed by atoms with Crippen LogP contribution >= 0.6 is 0 Å².